The summed E-state index contributed by atoms with van der Waals surface area (Å²) >= 11 is 5.15. The Bertz CT molecular complexity index is 1280. The van der Waals surface area contributed by atoms with Crippen molar-refractivity contribution in [3.63, 3.8) is 0 Å². The number of carbonyl (C=O) groups excluding carboxylic acids is 2. The smallest absolute Gasteiger partial charge is 0.338 e. The highest BCUT2D eigenvalue weighted by Crippen LogP contribution is 2.64. The SMILES string of the molecule is CC(C)CCC[C@@H](C)[C@H]1CC[C@H]2[C@@H]3CCC(=O)O[C@](C)(C[C@@H](CSc4ccccc4)OC(=O)c4ccc(Br)cc4)[C@H]3CC[C@]12C. The summed E-state index contributed by atoms with van der Waals surface area (Å²) in [6.45, 7) is 11.9. The maximum Gasteiger partial charge on any atom is 0.338 e. The van der Waals surface area contributed by atoms with Crippen molar-refractivity contribution in [1.82, 2.24) is 0 Å². The lowest BCUT2D eigenvalue weighted by Crippen LogP contribution is -2.51. The molecule has 0 spiro atoms. The van der Waals surface area contributed by atoms with E-state index in [1.165, 1.54) is 38.5 Å². The fraction of sp³-hybridized carbons (Fsp3) is 0.641. The van der Waals surface area contributed by atoms with Crippen LogP contribution in [-0.2, 0) is 14.3 Å². The van der Waals surface area contributed by atoms with E-state index >= 15 is 0 Å². The molecule has 8 atom stereocenters. The number of thioether (sulfide) groups is 1. The summed E-state index contributed by atoms with van der Waals surface area (Å²) in [5, 5.41) is 0. The number of esters is 2. The van der Waals surface area contributed by atoms with Crippen molar-refractivity contribution in [1.29, 1.82) is 0 Å². The van der Waals surface area contributed by atoms with E-state index in [4.69, 9.17) is 9.47 Å². The van der Waals surface area contributed by atoms with Crippen LogP contribution in [0, 0.1) is 40.9 Å². The van der Waals surface area contributed by atoms with Crippen LogP contribution in [0.2, 0.25) is 0 Å². The predicted molar refractivity (Wildman–Crippen MR) is 187 cm³/mol. The van der Waals surface area contributed by atoms with E-state index in [2.05, 4.69) is 62.7 Å². The molecule has 2 aromatic rings. The highest BCUT2D eigenvalue weighted by Gasteiger charge is 2.59. The number of hydrogen-bond donors (Lipinski definition) is 0. The van der Waals surface area contributed by atoms with Gasteiger partial charge >= 0.3 is 11.9 Å². The predicted octanol–water partition coefficient (Wildman–Crippen LogP) is 10.8. The van der Waals surface area contributed by atoms with Crippen LogP contribution in [0.15, 0.2) is 64.0 Å². The molecular formula is C39H53BrO4S. The third kappa shape index (κ3) is 8.20. The van der Waals surface area contributed by atoms with Crippen molar-refractivity contribution in [2.45, 2.75) is 115 Å². The van der Waals surface area contributed by atoms with Gasteiger partial charge in [0.1, 0.15) is 11.7 Å². The first-order valence-electron chi connectivity index (χ1n) is 17.3. The molecule has 0 radical (unpaired) electrons. The quantitative estimate of drug-likeness (QED) is 0.163. The molecule has 246 valence electrons. The second-order valence-electron chi connectivity index (χ2n) is 15.1. The van der Waals surface area contributed by atoms with Gasteiger partial charge in [0.2, 0.25) is 0 Å². The first-order valence-corrected chi connectivity index (χ1v) is 19.1. The molecule has 0 N–H and O–H groups in total. The summed E-state index contributed by atoms with van der Waals surface area (Å²) < 4.78 is 13.6. The molecular weight excluding hydrogens is 644 g/mol. The zero-order valence-electron chi connectivity index (χ0n) is 27.9. The normalized spacial score (nSPS) is 31.0. The van der Waals surface area contributed by atoms with Gasteiger partial charge in [-0.15, -0.1) is 11.8 Å². The topological polar surface area (TPSA) is 52.6 Å². The monoisotopic (exact) mass is 696 g/mol. The molecule has 0 amide bonds. The fourth-order valence-electron chi connectivity index (χ4n) is 9.44. The zero-order chi connectivity index (χ0) is 32.2. The van der Waals surface area contributed by atoms with Gasteiger partial charge in [-0.2, -0.15) is 0 Å². The maximum absolute atomic E-state index is 13.4. The molecule has 1 saturated heterocycles. The molecule has 2 saturated carbocycles. The molecule has 0 aromatic heterocycles. The second kappa shape index (κ2) is 15.0. The molecule has 6 heteroatoms. The lowest BCUT2D eigenvalue weighted by atomic mass is 9.53. The first kappa shape index (κ1) is 34.5. The van der Waals surface area contributed by atoms with Gasteiger partial charge in [0.15, 0.2) is 0 Å². The summed E-state index contributed by atoms with van der Waals surface area (Å²) in [5.74, 6) is 3.78. The zero-order valence-corrected chi connectivity index (χ0v) is 30.3. The Morgan fingerprint density at radius 3 is 2.42 bits per heavy atom. The van der Waals surface area contributed by atoms with Gasteiger partial charge in [0.25, 0.3) is 0 Å². The molecule has 1 heterocycles. The lowest BCUT2D eigenvalue weighted by molar-refractivity contribution is -0.170. The number of halogens is 1. The Morgan fingerprint density at radius 1 is 0.978 bits per heavy atom. The van der Waals surface area contributed by atoms with Crippen molar-refractivity contribution in [2.75, 3.05) is 5.75 Å². The first-order chi connectivity index (χ1) is 21.5. The Kier molecular flexibility index (Phi) is 11.5. The van der Waals surface area contributed by atoms with Gasteiger partial charge in [0, 0.05) is 33.9 Å². The number of rotatable bonds is 12. The number of cyclic esters (lactones) is 1. The third-order valence-corrected chi connectivity index (χ3v) is 13.3. The Labute approximate surface area is 284 Å². The van der Waals surface area contributed by atoms with Crippen LogP contribution < -0.4 is 0 Å². The average molecular weight is 698 g/mol. The van der Waals surface area contributed by atoms with Gasteiger partial charge in [-0.05, 0) is 110 Å². The van der Waals surface area contributed by atoms with Gasteiger partial charge in [-0.25, -0.2) is 4.79 Å². The van der Waals surface area contributed by atoms with Gasteiger partial charge < -0.3 is 9.47 Å². The van der Waals surface area contributed by atoms with Crippen LogP contribution >= 0.6 is 27.7 Å². The molecule has 5 rings (SSSR count). The van der Waals surface area contributed by atoms with E-state index in [0.717, 1.165) is 40.0 Å². The highest BCUT2D eigenvalue weighted by molar-refractivity contribution is 9.10. The minimum absolute atomic E-state index is 0.0982. The number of ether oxygens (including phenoxy) is 2. The molecule has 2 aromatic carbocycles. The minimum atomic E-state index is -0.678. The van der Waals surface area contributed by atoms with Crippen molar-refractivity contribution in [3.05, 3.63) is 64.6 Å². The molecule has 4 nitrogen and oxygen atoms in total. The number of benzene rings is 2. The number of carbonyl (C=O) groups is 2. The standard InChI is InChI=1S/C39H53BrO4S/c1-26(2)10-9-11-27(3)33-19-20-34-32-18-21-36(41)44-39(5,35(32)22-23-38(33,34)4)24-30(25-45-31-12-7-6-8-13-31)43-37(42)28-14-16-29(40)17-15-28/h6-8,12-17,26-27,30,32-35H,9-11,18-25H2,1-5H3/t27-,30+,32+,33-,34+,35+,38-,39-/m1/s1. The fourth-order valence-corrected chi connectivity index (χ4v) is 10.6. The number of hydrogen-bond acceptors (Lipinski definition) is 5. The number of fused-ring (bicyclic) bond motifs is 3. The summed E-state index contributed by atoms with van der Waals surface area (Å²) in [5.41, 5.74) is 0.174. The van der Waals surface area contributed by atoms with Crippen molar-refractivity contribution in [3.8, 4) is 0 Å². The van der Waals surface area contributed by atoms with Crippen LogP contribution in [-0.4, -0.2) is 29.4 Å². The Hall–Kier alpha value is -1.79. The largest absolute Gasteiger partial charge is 0.459 e. The van der Waals surface area contributed by atoms with Gasteiger partial charge in [-0.1, -0.05) is 81.1 Å². The van der Waals surface area contributed by atoms with E-state index in [-0.39, 0.29) is 17.9 Å². The van der Waals surface area contributed by atoms with Crippen LogP contribution in [0.4, 0.5) is 0 Å². The summed E-state index contributed by atoms with van der Waals surface area (Å²) in [6.07, 6.45) is 10.3. The molecule has 3 fully saturated rings. The van der Waals surface area contributed by atoms with Crippen molar-refractivity contribution < 1.29 is 19.1 Å². The lowest BCUT2D eigenvalue weighted by Gasteiger charge is -2.53. The van der Waals surface area contributed by atoms with E-state index in [9.17, 15) is 9.59 Å². The molecule has 0 unspecified atom stereocenters. The van der Waals surface area contributed by atoms with Crippen LogP contribution in [0.1, 0.15) is 109 Å². The summed E-state index contributed by atoms with van der Waals surface area (Å²) in [7, 11) is 0. The van der Waals surface area contributed by atoms with Crippen LogP contribution in [0.25, 0.3) is 0 Å². The van der Waals surface area contributed by atoms with Gasteiger partial charge in [0.05, 0.1) is 5.56 Å². The van der Waals surface area contributed by atoms with E-state index < -0.39 is 11.7 Å². The van der Waals surface area contributed by atoms with Crippen LogP contribution in [0.5, 0.6) is 0 Å². The second-order valence-corrected chi connectivity index (χ2v) is 17.1. The Balaban J connectivity index is 1.36. The van der Waals surface area contributed by atoms with Crippen molar-refractivity contribution in [2.24, 2.45) is 40.9 Å². The summed E-state index contributed by atoms with van der Waals surface area (Å²) in [4.78, 5) is 27.8. The average Bonchev–Trinajstić information content (AvgIpc) is 3.30. The molecule has 45 heavy (non-hydrogen) atoms. The van der Waals surface area contributed by atoms with Crippen molar-refractivity contribution >= 4 is 39.6 Å². The summed E-state index contributed by atoms with van der Waals surface area (Å²) in [6, 6.07) is 17.6. The van der Waals surface area contributed by atoms with E-state index in [1.807, 2.05) is 30.3 Å². The molecule has 0 bridgehead atoms. The maximum atomic E-state index is 13.4. The van der Waals surface area contributed by atoms with Crippen LogP contribution in [0.3, 0.4) is 0 Å². The molecule has 2 aliphatic carbocycles. The minimum Gasteiger partial charge on any atom is -0.459 e. The third-order valence-electron chi connectivity index (χ3n) is 11.6. The highest BCUT2D eigenvalue weighted by atomic mass is 79.9. The van der Waals surface area contributed by atoms with E-state index in [1.54, 1.807) is 23.9 Å². The Morgan fingerprint density at radius 2 is 1.71 bits per heavy atom. The van der Waals surface area contributed by atoms with Gasteiger partial charge in [-0.3, -0.25) is 4.79 Å². The molecule has 3 aliphatic rings. The molecule has 1 aliphatic heterocycles. The van der Waals surface area contributed by atoms with E-state index in [0.29, 0.717) is 41.4 Å².